The van der Waals surface area contributed by atoms with Gasteiger partial charge >= 0.3 is 0 Å². The lowest BCUT2D eigenvalue weighted by Crippen LogP contribution is -2.47. The predicted octanol–water partition coefficient (Wildman–Crippen LogP) is 2.27. The van der Waals surface area contributed by atoms with Crippen molar-refractivity contribution in [3.63, 3.8) is 0 Å². The van der Waals surface area contributed by atoms with Crippen LogP contribution in [0.15, 0.2) is 0 Å². The smallest absolute Gasteiger partial charge is 0.0619 e. The average Bonchev–Trinajstić information content (AvgIpc) is 2.41. The molecule has 18 heavy (non-hydrogen) atoms. The van der Waals surface area contributed by atoms with E-state index in [1.165, 1.54) is 51.7 Å². The zero-order valence-corrected chi connectivity index (χ0v) is 12.2. The summed E-state index contributed by atoms with van der Waals surface area (Å²) in [6, 6.07) is 1.25. The van der Waals surface area contributed by atoms with Crippen LogP contribution in [0, 0.1) is 5.92 Å². The first kappa shape index (κ1) is 14.3. The van der Waals surface area contributed by atoms with Gasteiger partial charge in [0, 0.05) is 18.7 Å². The molecule has 3 nitrogen and oxygen atoms in total. The first-order valence-corrected chi connectivity index (χ1v) is 7.85. The van der Waals surface area contributed by atoms with E-state index in [0.717, 1.165) is 19.1 Å². The summed E-state index contributed by atoms with van der Waals surface area (Å²) in [4.78, 5) is 2.62. The molecule has 0 bridgehead atoms. The van der Waals surface area contributed by atoms with Gasteiger partial charge in [0.05, 0.1) is 6.61 Å². The Hall–Kier alpha value is -0.120. The SMILES string of the molecule is CCCN1CCC(C(C)NC2CCCOC2)CC1. The molecule has 0 spiro atoms. The Kier molecular flexibility index (Phi) is 5.93. The van der Waals surface area contributed by atoms with Crippen LogP contribution in [0.5, 0.6) is 0 Å². The van der Waals surface area contributed by atoms with Crippen molar-refractivity contribution in [2.45, 2.75) is 58.0 Å². The summed E-state index contributed by atoms with van der Waals surface area (Å²) >= 11 is 0. The Morgan fingerprint density at radius 1 is 1.28 bits per heavy atom. The van der Waals surface area contributed by atoms with E-state index < -0.39 is 0 Å². The molecular weight excluding hydrogens is 224 g/mol. The van der Waals surface area contributed by atoms with Gasteiger partial charge in [-0.2, -0.15) is 0 Å². The number of nitrogens with zero attached hydrogens (tertiary/aromatic N) is 1. The van der Waals surface area contributed by atoms with Gasteiger partial charge in [0.15, 0.2) is 0 Å². The van der Waals surface area contributed by atoms with Gasteiger partial charge in [0.1, 0.15) is 0 Å². The number of piperidine rings is 1. The first-order valence-electron chi connectivity index (χ1n) is 7.85. The minimum atomic E-state index is 0.599. The minimum Gasteiger partial charge on any atom is -0.380 e. The molecule has 2 aliphatic rings. The second kappa shape index (κ2) is 7.46. The van der Waals surface area contributed by atoms with Gasteiger partial charge in [-0.05, 0) is 64.6 Å². The fraction of sp³-hybridized carbons (Fsp3) is 1.00. The Labute approximate surface area is 112 Å². The Balaban J connectivity index is 1.68. The van der Waals surface area contributed by atoms with Crippen LogP contribution in [-0.2, 0) is 4.74 Å². The summed E-state index contributed by atoms with van der Waals surface area (Å²) in [5.74, 6) is 0.861. The molecule has 0 aromatic carbocycles. The molecule has 0 amide bonds. The Morgan fingerprint density at radius 2 is 2.06 bits per heavy atom. The number of rotatable bonds is 5. The van der Waals surface area contributed by atoms with Gasteiger partial charge < -0.3 is 15.0 Å². The number of nitrogens with one attached hydrogen (secondary N) is 1. The van der Waals surface area contributed by atoms with Crippen LogP contribution in [0.4, 0.5) is 0 Å². The molecule has 2 atom stereocenters. The summed E-state index contributed by atoms with van der Waals surface area (Å²) < 4.78 is 5.55. The van der Waals surface area contributed by atoms with Crippen LogP contribution in [0.25, 0.3) is 0 Å². The lowest BCUT2D eigenvalue weighted by atomic mass is 9.89. The van der Waals surface area contributed by atoms with E-state index in [4.69, 9.17) is 4.74 Å². The highest BCUT2D eigenvalue weighted by Crippen LogP contribution is 2.21. The quantitative estimate of drug-likeness (QED) is 0.814. The van der Waals surface area contributed by atoms with Gasteiger partial charge in [-0.3, -0.25) is 0 Å². The summed E-state index contributed by atoms with van der Waals surface area (Å²) in [6.45, 7) is 10.4. The van der Waals surface area contributed by atoms with Crippen molar-refractivity contribution in [2.24, 2.45) is 5.92 Å². The van der Waals surface area contributed by atoms with E-state index in [9.17, 15) is 0 Å². The third-order valence-corrected chi connectivity index (χ3v) is 4.54. The zero-order chi connectivity index (χ0) is 12.8. The molecule has 2 aliphatic heterocycles. The van der Waals surface area contributed by atoms with Gasteiger partial charge in [0.2, 0.25) is 0 Å². The van der Waals surface area contributed by atoms with Gasteiger partial charge in [-0.25, -0.2) is 0 Å². The topological polar surface area (TPSA) is 24.5 Å². The second-order valence-corrected chi connectivity index (χ2v) is 6.05. The molecule has 106 valence electrons. The van der Waals surface area contributed by atoms with Crippen molar-refractivity contribution < 1.29 is 4.74 Å². The Bertz CT molecular complexity index is 221. The van der Waals surface area contributed by atoms with Crippen molar-refractivity contribution in [3.8, 4) is 0 Å². The predicted molar refractivity (Wildman–Crippen MR) is 75.9 cm³/mol. The van der Waals surface area contributed by atoms with E-state index >= 15 is 0 Å². The monoisotopic (exact) mass is 254 g/mol. The van der Waals surface area contributed by atoms with E-state index in [-0.39, 0.29) is 0 Å². The summed E-state index contributed by atoms with van der Waals surface area (Å²) in [5, 5.41) is 3.79. The molecule has 0 aliphatic carbocycles. The molecule has 0 radical (unpaired) electrons. The second-order valence-electron chi connectivity index (χ2n) is 6.05. The zero-order valence-electron chi connectivity index (χ0n) is 12.2. The van der Waals surface area contributed by atoms with Crippen LogP contribution >= 0.6 is 0 Å². The highest BCUT2D eigenvalue weighted by Gasteiger charge is 2.25. The van der Waals surface area contributed by atoms with Crippen molar-refractivity contribution in [1.29, 1.82) is 0 Å². The molecule has 1 N–H and O–H groups in total. The van der Waals surface area contributed by atoms with Crippen molar-refractivity contribution in [1.82, 2.24) is 10.2 Å². The minimum absolute atomic E-state index is 0.599. The Morgan fingerprint density at radius 3 is 2.67 bits per heavy atom. The first-order chi connectivity index (χ1) is 8.79. The maximum atomic E-state index is 5.55. The van der Waals surface area contributed by atoms with Crippen molar-refractivity contribution in [3.05, 3.63) is 0 Å². The molecule has 2 unspecified atom stereocenters. The summed E-state index contributed by atoms with van der Waals surface area (Å²) in [5.41, 5.74) is 0. The molecule has 0 aromatic rings. The fourth-order valence-corrected chi connectivity index (χ4v) is 3.37. The summed E-state index contributed by atoms with van der Waals surface area (Å²) in [6.07, 6.45) is 6.53. The largest absolute Gasteiger partial charge is 0.380 e. The molecule has 0 aromatic heterocycles. The van der Waals surface area contributed by atoms with E-state index in [0.29, 0.717) is 12.1 Å². The maximum Gasteiger partial charge on any atom is 0.0619 e. The van der Waals surface area contributed by atoms with Crippen LogP contribution in [-0.4, -0.2) is 49.8 Å². The number of hydrogen-bond donors (Lipinski definition) is 1. The maximum absolute atomic E-state index is 5.55. The van der Waals surface area contributed by atoms with E-state index in [1.54, 1.807) is 0 Å². The molecule has 0 saturated carbocycles. The van der Waals surface area contributed by atoms with Crippen LogP contribution in [0.1, 0.15) is 46.0 Å². The number of likely N-dealkylation sites (tertiary alicyclic amines) is 1. The number of ether oxygens (including phenoxy) is 1. The van der Waals surface area contributed by atoms with Crippen LogP contribution < -0.4 is 5.32 Å². The lowest BCUT2D eigenvalue weighted by Gasteiger charge is -2.37. The van der Waals surface area contributed by atoms with Crippen LogP contribution in [0.3, 0.4) is 0 Å². The van der Waals surface area contributed by atoms with Gasteiger partial charge in [-0.15, -0.1) is 0 Å². The van der Waals surface area contributed by atoms with E-state index in [2.05, 4.69) is 24.1 Å². The lowest BCUT2D eigenvalue weighted by molar-refractivity contribution is 0.0602. The third-order valence-electron chi connectivity index (χ3n) is 4.54. The molecule has 2 rings (SSSR count). The summed E-state index contributed by atoms with van der Waals surface area (Å²) in [7, 11) is 0. The van der Waals surface area contributed by atoms with Crippen molar-refractivity contribution >= 4 is 0 Å². The number of hydrogen-bond acceptors (Lipinski definition) is 3. The highest BCUT2D eigenvalue weighted by molar-refractivity contribution is 4.82. The standard InChI is InChI=1S/C15H30N2O/c1-3-8-17-9-6-14(7-10-17)13(2)16-15-5-4-11-18-12-15/h13-16H,3-12H2,1-2H3. The molecular formula is C15H30N2O. The molecule has 2 saturated heterocycles. The fourth-order valence-electron chi connectivity index (χ4n) is 3.37. The normalized spacial score (nSPS) is 29.3. The highest BCUT2D eigenvalue weighted by atomic mass is 16.5. The van der Waals surface area contributed by atoms with Gasteiger partial charge in [-0.1, -0.05) is 6.92 Å². The van der Waals surface area contributed by atoms with Crippen molar-refractivity contribution in [2.75, 3.05) is 32.8 Å². The molecule has 3 heteroatoms. The van der Waals surface area contributed by atoms with E-state index in [1.807, 2.05) is 0 Å². The molecule has 2 fully saturated rings. The van der Waals surface area contributed by atoms with Gasteiger partial charge in [0.25, 0.3) is 0 Å². The molecule has 2 heterocycles. The average molecular weight is 254 g/mol. The third kappa shape index (κ3) is 4.22. The van der Waals surface area contributed by atoms with Crippen LogP contribution in [0.2, 0.25) is 0 Å².